The third-order valence-electron chi connectivity index (χ3n) is 0.485. The predicted octanol–water partition coefficient (Wildman–Crippen LogP) is 3.30. The molecule has 0 rings (SSSR count). The molecule has 0 aromatic carbocycles. The minimum atomic E-state index is -0.0856. The first kappa shape index (κ1) is 10.6. The van der Waals surface area contributed by atoms with Crippen molar-refractivity contribution in [1.29, 1.82) is 0 Å². The standard InChI is InChI=1S/C5H9F.C2H6/c1-3-4-5(2)6;1-2/h4H,3H2,1-2H3;1-2H3/b5-4+;. The number of halogens is 1. The van der Waals surface area contributed by atoms with Gasteiger partial charge in [0.15, 0.2) is 0 Å². The van der Waals surface area contributed by atoms with Crippen LogP contribution in [0.1, 0.15) is 34.1 Å². The van der Waals surface area contributed by atoms with Crippen molar-refractivity contribution in [3.8, 4) is 0 Å². The van der Waals surface area contributed by atoms with Crippen LogP contribution in [0.15, 0.2) is 11.9 Å². The normalized spacial score (nSPS) is 9.88. The quantitative estimate of drug-likeness (QED) is 0.495. The van der Waals surface area contributed by atoms with Crippen LogP contribution >= 0.6 is 0 Å². The number of allylic oxidation sites excluding steroid dienone is 2. The molecule has 0 N–H and O–H groups in total. The molecule has 50 valence electrons. The summed E-state index contributed by atoms with van der Waals surface area (Å²) in [6, 6.07) is 0. The Morgan fingerprint density at radius 1 is 1.50 bits per heavy atom. The van der Waals surface area contributed by atoms with Crippen LogP contribution in [0, 0.1) is 0 Å². The first-order valence-electron chi connectivity index (χ1n) is 3.09. The summed E-state index contributed by atoms with van der Waals surface area (Å²) >= 11 is 0. The minimum Gasteiger partial charge on any atom is -0.212 e. The van der Waals surface area contributed by atoms with E-state index >= 15 is 0 Å². The van der Waals surface area contributed by atoms with Crippen LogP contribution in [0.25, 0.3) is 0 Å². The van der Waals surface area contributed by atoms with Crippen LogP contribution in [0.2, 0.25) is 0 Å². The Bertz CT molecular complexity index is 51.4. The number of hydrogen-bond donors (Lipinski definition) is 0. The average molecular weight is 118 g/mol. The fourth-order valence-corrected chi connectivity index (χ4v) is 0.281. The molecule has 0 radical (unpaired) electrons. The van der Waals surface area contributed by atoms with Gasteiger partial charge < -0.3 is 0 Å². The van der Waals surface area contributed by atoms with Crippen LogP contribution in [-0.4, -0.2) is 0 Å². The summed E-state index contributed by atoms with van der Waals surface area (Å²) in [5.41, 5.74) is 0. The van der Waals surface area contributed by atoms with E-state index in [1.807, 2.05) is 20.8 Å². The average Bonchev–Trinajstić information content (AvgIpc) is 1.72. The highest BCUT2D eigenvalue weighted by atomic mass is 19.1. The second-order valence-electron chi connectivity index (χ2n) is 1.20. The zero-order chi connectivity index (χ0) is 6.99. The fraction of sp³-hybridized carbons (Fsp3) is 0.714. The highest BCUT2D eigenvalue weighted by Gasteiger charge is 1.72. The Hall–Kier alpha value is -0.330. The summed E-state index contributed by atoms with van der Waals surface area (Å²) in [6.45, 7) is 7.35. The van der Waals surface area contributed by atoms with Gasteiger partial charge in [-0.2, -0.15) is 0 Å². The van der Waals surface area contributed by atoms with E-state index in [4.69, 9.17) is 0 Å². The first-order chi connectivity index (χ1) is 3.77. The summed E-state index contributed by atoms with van der Waals surface area (Å²) in [5, 5.41) is 0. The molecule has 0 atom stereocenters. The SMILES string of the molecule is CC.CC/C=C(\C)F. The van der Waals surface area contributed by atoms with Gasteiger partial charge in [0, 0.05) is 0 Å². The lowest BCUT2D eigenvalue weighted by molar-refractivity contribution is 0.635. The second-order valence-corrected chi connectivity index (χ2v) is 1.20. The van der Waals surface area contributed by atoms with Gasteiger partial charge in [0.2, 0.25) is 0 Å². The molecule has 0 aliphatic rings. The van der Waals surface area contributed by atoms with Gasteiger partial charge in [-0.3, -0.25) is 0 Å². The molecule has 0 nitrogen and oxygen atoms in total. The predicted molar refractivity (Wildman–Crippen MR) is 36.5 cm³/mol. The highest BCUT2D eigenvalue weighted by Crippen LogP contribution is 1.92. The Balaban J connectivity index is 0. The fourth-order valence-electron chi connectivity index (χ4n) is 0.281. The smallest absolute Gasteiger partial charge is 0.0928 e. The van der Waals surface area contributed by atoms with Crippen molar-refractivity contribution in [3.63, 3.8) is 0 Å². The lowest BCUT2D eigenvalue weighted by Crippen LogP contribution is -1.55. The first-order valence-corrected chi connectivity index (χ1v) is 3.09. The number of rotatable bonds is 1. The van der Waals surface area contributed by atoms with Crippen LogP contribution in [0.3, 0.4) is 0 Å². The van der Waals surface area contributed by atoms with Crippen molar-refractivity contribution in [1.82, 2.24) is 0 Å². The molecular formula is C7H15F. The molecule has 0 aromatic heterocycles. The van der Waals surface area contributed by atoms with Crippen LogP contribution in [-0.2, 0) is 0 Å². The van der Waals surface area contributed by atoms with Crippen molar-refractivity contribution in [2.75, 3.05) is 0 Å². The molecule has 0 amide bonds. The van der Waals surface area contributed by atoms with Crippen molar-refractivity contribution in [2.45, 2.75) is 34.1 Å². The summed E-state index contributed by atoms with van der Waals surface area (Å²) in [5.74, 6) is -0.0856. The molecule has 0 saturated carbocycles. The third kappa shape index (κ3) is 17.3. The maximum absolute atomic E-state index is 11.6. The molecule has 0 unspecified atom stereocenters. The van der Waals surface area contributed by atoms with Crippen LogP contribution < -0.4 is 0 Å². The maximum atomic E-state index is 11.6. The van der Waals surface area contributed by atoms with Gasteiger partial charge in [-0.1, -0.05) is 26.8 Å². The topological polar surface area (TPSA) is 0 Å². The van der Waals surface area contributed by atoms with Crippen molar-refractivity contribution >= 4 is 0 Å². The molecule has 0 fully saturated rings. The Labute approximate surface area is 51.4 Å². The minimum absolute atomic E-state index is 0.0856. The molecule has 0 heterocycles. The van der Waals surface area contributed by atoms with Gasteiger partial charge in [-0.15, -0.1) is 0 Å². The van der Waals surface area contributed by atoms with Crippen LogP contribution in [0.5, 0.6) is 0 Å². The van der Waals surface area contributed by atoms with E-state index in [-0.39, 0.29) is 5.83 Å². The molecule has 1 heteroatoms. The second kappa shape index (κ2) is 9.83. The molecule has 0 aliphatic heterocycles. The van der Waals surface area contributed by atoms with Crippen LogP contribution in [0.4, 0.5) is 4.39 Å². The van der Waals surface area contributed by atoms with Gasteiger partial charge >= 0.3 is 0 Å². The van der Waals surface area contributed by atoms with E-state index in [1.54, 1.807) is 6.08 Å². The summed E-state index contributed by atoms with van der Waals surface area (Å²) < 4.78 is 11.6. The summed E-state index contributed by atoms with van der Waals surface area (Å²) in [6.07, 6.45) is 2.34. The van der Waals surface area contributed by atoms with Crippen molar-refractivity contribution in [3.05, 3.63) is 11.9 Å². The maximum Gasteiger partial charge on any atom is 0.0928 e. The summed E-state index contributed by atoms with van der Waals surface area (Å²) in [4.78, 5) is 0. The van der Waals surface area contributed by atoms with E-state index in [9.17, 15) is 4.39 Å². The zero-order valence-electron chi connectivity index (χ0n) is 6.16. The molecular weight excluding hydrogens is 103 g/mol. The molecule has 0 aromatic rings. The Morgan fingerprint density at radius 2 is 1.88 bits per heavy atom. The summed E-state index contributed by atoms with van der Waals surface area (Å²) in [7, 11) is 0. The van der Waals surface area contributed by atoms with E-state index in [0.717, 1.165) is 6.42 Å². The molecule has 0 spiro atoms. The van der Waals surface area contributed by atoms with E-state index in [1.165, 1.54) is 6.92 Å². The molecule has 0 saturated heterocycles. The van der Waals surface area contributed by atoms with Gasteiger partial charge in [-0.25, -0.2) is 4.39 Å². The highest BCUT2D eigenvalue weighted by molar-refractivity contribution is 4.84. The van der Waals surface area contributed by atoms with E-state index < -0.39 is 0 Å². The van der Waals surface area contributed by atoms with Crippen molar-refractivity contribution in [2.24, 2.45) is 0 Å². The van der Waals surface area contributed by atoms with Gasteiger partial charge in [0.05, 0.1) is 5.83 Å². The largest absolute Gasteiger partial charge is 0.212 e. The van der Waals surface area contributed by atoms with E-state index in [2.05, 4.69) is 0 Å². The monoisotopic (exact) mass is 118 g/mol. The molecule has 0 aliphatic carbocycles. The molecule has 0 bridgehead atoms. The Kier molecular flexibility index (Phi) is 13.0. The lowest BCUT2D eigenvalue weighted by atomic mass is 10.4. The van der Waals surface area contributed by atoms with Gasteiger partial charge in [0.25, 0.3) is 0 Å². The third-order valence-corrected chi connectivity index (χ3v) is 0.485. The van der Waals surface area contributed by atoms with Crippen molar-refractivity contribution < 1.29 is 4.39 Å². The van der Waals surface area contributed by atoms with Gasteiger partial charge in [-0.05, 0) is 13.3 Å². The Morgan fingerprint density at radius 3 is 1.88 bits per heavy atom. The zero-order valence-corrected chi connectivity index (χ0v) is 6.16. The lowest BCUT2D eigenvalue weighted by Gasteiger charge is -1.75. The molecule has 8 heavy (non-hydrogen) atoms. The van der Waals surface area contributed by atoms with Gasteiger partial charge in [0.1, 0.15) is 0 Å². The van der Waals surface area contributed by atoms with E-state index in [0.29, 0.717) is 0 Å². The number of hydrogen-bond acceptors (Lipinski definition) is 0.